The lowest BCUT2D eigenvalue weighted by molar-refractivity contribution is -0.122. The summed E-state index contributed by atoms with van der Waals surface area (Å²) in [5.41, 5.74) is 2.15. The van der Waals surface area contributed by atoms with E-state index in [4.69, 9.17) is 5.73 Å². The van der Waals surface area contributed by atoms with E-state index in [1.165, 1.54) is 0 Å². The van der Waals surface area contributed by atoms with Crippen LogP contribution in [0.4, 0.5) is 13.2 Å². The Bertz CT molecular complexity index is 398. The molecule has 7 heteroatoms. The molecule has 0 aliphatic heterocycles. The van der Waals surface area contributed by atoms with Crippen molar-refractivity contribution in [3.8, 4) is 0 Å². The van der Waals surface area contributed by atoms with Crippen LogP contribution in [-0.2, 0) is 11.3 Å². The highest BCUT2D eigenvalue weighted by molar-refractivity contribution is 8.00. The molecule has 0 bridgehead atoms. The number of hydrogen-bond acceptors (Lipinski definition) is 3. The molecule has 3 nitrogen and oxygen atoms in total. The number of nitrogens with one attached hydrogen (secondary N) is 1. The maximum absolute atomic E-state index is 11.9. The molecule has 0 aromatic heterocycles. The highest BCUT2D eigenvalue weighted by Gasteiger charge is 2.28. The van der Waals surface area contributed by atoms with E-state index in [0.717, 1.165) is 5.56 Å². The molecule has 1 aromatic rings. The van der Waals surface area contributed by atoms with Gasteiger partial charge in [0, 0.05) is 12.3 Å². The van der Waals surface area contributed by atoms with Gasteiger partial charge in [0.15, 0.2) is 0 Å². The molecule has 0 aliphatic rings. The Balaban J connectivity index is 2.25. The molecular weight excluding hydrogens is 277 g/mol. The maximum atomic E-state index is 11.9. The number of alkyl halides is 3. The molecule has 0 radical (unpaired) electrons. The molecule has 0 unspecified atom stereocenters. The minimum absolute atomic E-state index is 0.00913. The van der Waals surface area contributed by atoms with E-state index in [1.54, 1.807) is 0 Å². The van der Waals surface area contributed by atoms with Crippen molar-refractivity contribution in [2.75, 3.05) is 5.75 Å². The number of amides is 1. The average Bonchev–Trinajstić information content (AvgIpc) is 2.35. The second kappa shape index (κ2) is 7.40. The van der Waals surface area contributed by atoms with E-state index in [0.29, 0.717) is 6.54 Å². The summed E-state index contributed by atoms with van der Waals surface area (Å²) in [6.07, 6.45) is -0.00913. The molecule has 1 rings (SSSR count). The zero-order valence-electron chi connectivity index (χ0n) is 10.1. The van der Waals surface area contributed by atoms with Crippen LogP contribution in [0.2, 0.25) is 0 Å². The number of carbonyl (C=O) groups is 1. The first-order chi connectivity index (χ1) is 8.88. The summed E-state index contributed by atoms with van der Waals surface area (Å²) in [5, 5.41) is 2.59. The van der Waals surface area contributed by atoms with E-state index < -0.39 is 17.5 Å². The minimum Gasteiger partial charge on any atom is -0.351 e. The molecule has 0 heterocycles. The number of benzene rings is 1. The third kappa shape index (κ3) is 7.07. The largest absolute Gasteiger partial charge is 0.441 e. The van der Waals surface area contributed by atoms with Crippen LogP contribution in [0.3, 0.4) is 0 Å². The fourth-order valence-corrected chi connectivity index (χ4v) is 1.95. The summed E-state index contributed by atoms with van der Waals surface area (Å²) in [5.74, 6) is -0.657. The zero-order chi connectivity index (χ0) is 14.3. The van der Waals surface area contributed by atoms with Gasteiger partial charge >= 0.3 is 5.51 Å². The fourth-order valence-electron chi connectivity index (χ4n) is 1.35. The van der Waals surface area contributed by atoms with Gasteiger partial charge in [-0.25, -0.2) is 0 Å². The summed E-state index contributed by atoms with van der Waals surface area (Å²) < 4.78 is 35.7. The zero-order valence-corrected chi connectivity index (χ0v) is 10.9. The first-order valence-electron chi connectivity index (χ1n) is 5.66. The SMILES string of the molecule is N[C@@H](CCSC(F)(F)F)C(=O)NCc1ccccc1. The van der Waals surface area contributed by atoms with Crippen LogP contribution in [-0.4, -0.2) is 23.2 Å². The van der Waals surface area contributed by atoms with Gasteiger partial charge in [-0.05, 0) is 12.0 Å². The first-order valence-corrected chi connectivity index (χ1v) is 6.65. The summed E-state index contributed by atoms with van der Waals surface area (Å²) in [6, 6.07) is 8.28. The molecule has 106 valence electrons. The third-order valence-corrected chi connectivity index (χ3v) is 3.11. The van der Waals surface area contributed by atoms with Crippen molar-refractivity contribution in [1.29, 1.82) is 0 Å². The maximum Gasteiger partial charge on any atom is 0.441 e. The highest BCUT2D eigenvalue weighted by atomic mass is 32.2. The molecular formula is C12H15F3N2OS. The second-order valence-electron chi connectivity index (χ2n) is 3.89. The molecule has 0 fully saturated rings. The van der Waals surface area contributed by atoms with Crippen molar-refractivity contribution in [1.82, 2.24) is 5.32 Å². The van der Waals surface area contributed by atoms with E-state index in [-0.39, 0.29) is 23.9 Å². The van der Waals surface area contributed by atoms with Crippen LogP contribution in [0.1, 0.15) is 12.0 Å². The molecule has 1 aromatic carbocycles. The lowest BCUT2D eigenvalue weighted by Gasteiger charge is -2.12. The number of nitrogens with two attached hydrogens (primary N) is 1. The predicted octanol–water partition coefficient (Wildman–Crippen LogP) is 2.27. The lowest BCUT2D eigenvalue weighted by atomic mass is 10.2. The van der Waals surface area contributed by atoms with Gasteiger partial charge in [0.2, 0.25) is 5.91 Å². The van der Waals surface area contributed by atoms with Crippen molar-refractivity contribution in [2.45, 2.75) is 24.5 Å². The van der Waals surface area contributed by atoms with Crippen molar-refractivity contribution >= 4 is 17.7 Å². The number of hydrogen-bond donors (Lipinski definition) is 2. The molecule has 0 spiro atoms. The average molecular weight is 292 g/mol. The van der Waals surface area contributed by atoms with Crippen molar-refractivity contribution in [3.63, 3.8) is 0 Å². The Morgan fingerprint density at radius 1 is 1.32 bits per heavy atom. The normalized spacial score (nSPS) is 13.1. The lowest BCUT2D eigenvalue weighted by Crippen LogP contribution is -2.40. The number of rotatable bonds is 6. The van der Waals surface area contributed by atoms with Gasteiger partial charge in [-0.15, -0.1) is 0 Å². The summed E-state index contributed by atoms with van der Waals surface area (Å²) in [7, 11) is 0. The summed E-state index contributed by atoms with van der Waals surface area (Å²) in [4.78, 5) is 11.5. The fraction of sp³-hybridized carbons (Fsp3) is 0.417. The van der Waals surface area contributed by atoms with Crippen LogP contribution in [0.15, 0.2) is 30.3 Å². The molecule has 0 saturated carbocycles. The van der Waals surface area contributed by atoms with Gasteiger partial charge in [-0.1, -0.05) is 42.1 Å². The van der Waals surface area contributed by atoms with Crippen molar-refractivity contribution < 1.29 is 18.0 Å². The monoisotopic (exact) mass is 292 g/mol. The Labute approximate surface area is 113 Å². The van der Waals surface area contributed by atoms with Gasteiger partial charge in [0.05, 0.1) is 6.04 Å². The molecule has 0 aliphatic carbocycles. The van der Waals surface area contributed by atoms with Crippen LogP contribution < -0.4 is 11.1 Å². The molecule has 1 amide bonds. The molecule has 1 atom stereocenters. The topological polar surface area (TPSA) is 55.1 Å². The number of halogens is 3. The van der Waals surface area contributed by atoms with Gasteiger partial charge in [-0.3, -0.25) is 4.79 Å². The quantitative estimate of drug-likeness (QED) is 0.845. The summed E-state index contributed by atoms with van der Waals surface area (Å²) in [6.45, 7) is 0.319. The van der Waals surface area contributed by atoms with E-state index in [1.807, 2.05) is 30.3 Å². The highest BCUT2D eigenvalue weighted by Crippen LogP contribution is 2.30. The molecule has 3 N–H and O–H groups in total. The van der Waals surface area contributed by atoms with Gasteiger partial charge in [0.25, 0.3) is 0 Å². The van der Waals surface area contributed by atoms with Gasteiger partial charge in [-0.2, -0.15) is 13.2 Å². The Kier molecular flexibility index (Phi) is 6.17. The second-order valence-corrected chi connectivity index (χ2v) is 5.05. The van der Waals surface area contributed by atoms with Crippen LogP contribution in [0, 0.1) is 0 Å². The van der Waals surface area contributed by atoms with Crippen molar-refractivity contribution in [2.24, 2.45) is 5.73 Å². The molecule has 0 saturated heterocycles. The Morgan fingerprint density at radius 2 is 1.95 bits per heavy atom. The van der Waals surface area contributed by atoms with E-state index in [2.05, 4.69) is 5.32 Å². The van der Waals surface area contributed by atoms with Crippen molar-refractivity contribution in [3.05, 3.63) is 35.9 Å². The van der Waals surface area contributed by atoms with Crippen LogP contribution in [0.25, 0.3) is 0 Å². The standard InChI is InChI=1S/C12H15F3N2OS/c13-12(14,15)19-7-6-10(16)11(18)17-8-9-4-2-1-3-5-9/h1-5,10H,6-8,16H2,(H,17,18)/t10-/m0/s1. The first kappa shape index (κ1) is 15.8. The van der Waals surface area contributed by atoms with E-state index in [9.17, 15) is 18.0 Å². The van der Waals surface area contributed by atoms with E-state index >= 15 is 0 Å². The van der Waals surface area contributed by atoms with Crippen LogP contribution in [0.5, 0.6) is 0 Å². The molecule has 19 heavy (non-hydrogen) atoms. The number of thioether (sulfide) groups is 1. The Morgan fingerprint density at radius 3 is 2.53 bits per heavy atom. The number of carbonyl (C=O) groups excluding carboxylic acids is 1. The van der Waals surface area contributed by atoms with Gasteiger partial charge in [0.1, 0.15) is 0 Å². The predicted molar refractivity (Wildman–Crippen MR) is 69.4 cm³/mol. The minimum atomic E-state index is -4.28. The smallest absolute Gasteiger partial charge is 0.351 e. The summed E-state index contributed by atoms with van der Waals surface area (Å²) >= 11 is -0.166. The van der Waals surface area contributed by atoms with Gasteiger partial charge < -0.3 is 11.1 Å². The third-order valence-electron chi connectivity index (χ3n) is 2.34. The van der Waals surface area contributed by atoms with Crippen LogP contribution >= 0.6 is 11.8 Å². The Hall–Kier alpha value is -1.21.